The van der Waals surface area contributed by atoms with Gasteiger partial charge >= 0.3 is 0 Å². The highest BCUT2D eigenvalue weighted by atomic mass is 15.1. The van der Waals surface area contributed by atoms with Gasteiger partial charge in [-0.25, -0.2) is 4.98 Å². The van der Waals surface area contributed by atoms with E-state index in [1.165, 1.54) is 18.4 Å². The zero-order chi connectivity index (χ0) is 11.1. The van der Waals surface area contributed by atoms with Gasteiger partial charge in [-0.2, -0.15) is 0 Å². The molecule has 0 fully saturated rings. The molecule has 0 aliphatic carbocycles. The molecule has 0 atom stereocenters. The van der Waals surface area contributed by atoms with Gasteiger partial charge in [0.15, 0.2) is 0 Å². The van der Waals surface area contributed by atoms with E-state index in [0.717, 1.165) is 18.9 Å². The van der Waals surface area contributed by atoms with E-state index in [9.17, 15) is 0 Å². The van der Waals surface area contributed by atoms with E-state index < -0.39 is 0 Å². The minimum Gasteiger partial charge on any atom is -0.373 e. The predicted molar refractivity (Wildman–Crippen MR) is 65.0 cm³/mol. The molecule has 0 aliphatic heterocycles. The molecule has 1 aromatic rings. The molecule has 0 unspecified atom stereocenters. The lowest BCUT2D eigenvalue weighted by Gasteiger charge is -2.15. The number of nitrogens with zero attached hydrogens (tertiary/aromatic N) is 2. The molecule has 0 spiro atoms. The molecule has 15 heavy (non-hydrogen) atoms. The Morgan fingerprint density at radius 1 is 1.40 bits per heavy atom. The number of nitrogens with one attached hydrogen (secondary N) is 1. The number of unbranched alkanes of at least 4 members (excludes halogenated alkanes) is 1. The monoisotopic (exact) mass is 207 g/mol. The van der Waals surface area contributed by atoms with Crippen LogP contribution in [0.4, 0.5) is 5.82 Å². The molecule has 84 valence electrons. The first-order chi connectivity index (χ1) is 7.26. The van der Waals surface area contributed by atoms with Crippen molar-refractivity contribution in [1.82, 2.24) is 9.88 Å². The van der Waals surface area contributed by atoms with E-state index in [-0.39, 0.29) is 0 Å². The Labute approximate surface area is 92.5 Å². The molecule has 1 heterocycles. The lowest BCUT2D eigenvalue weighted by Crippen LogP contribution is -2.18. The summed E-state index contributed by atoms with van der Waals surface area (Å²) in [6.45, 7) is 4.36. The van der Waals surface area contributed by atoms with Crippen LogP contribution in [0.5, 0.6) is 0 Å². The number of hydrogen-bond donors (Lipinski definition) is 1. The number of rotatable bonds is 6. The number of pyridine rings is 1. The van der Waals surface area contributed by atoms with Crippen LogP contribution in [0.25, 0.3) is 0 Å². The van der Waals surface area contributed by atoms with Gasteiger partial charge in [-0.1, -0.05) is 19.4 Å². The average Bonchev–Trinajstić information content (AvgIpc) is 2.27. The van der Waals surface area contributed by atoms with Crippen molar-refractivity contribution in [1.29, 1.82) is 0 Å². The molecular formula is C12H21N3. The van der Waals surface area contributed by atoms with Crippen molar-refractivity contribution in [3.8, 4) is 0 Å². The molecule has 0 saturated carbocycles. The lowest BCUT2D eigenvalue weighted by atomic mass is 10.2. The molecule has 1 rings (SSSR count). The minimum absolute atomic E-state index is 0.926. The van der Waals surface area contributed by atoms with Crippen molar-refractivity contribution < 1.29 is 0 Å². The van der Waals surface area contributed by atoms with Gasteiger partial charge < -0.3 is 10.2 Å². The fourth-order valence-electron chi connectivity index (χ4n) is 1.48. The minimum atomic E-state index is 0.926. The third-order valence-corrected chi connectivity index (χ3v) is 2.43. The van der Waals surface area contributed by atoms with Crippen LogP contribution in [0.2, 0.25) is 0 Å². The van der Waals surface area contributed by atoms with Crippen LogP contribution < -0.4 is 5.32 Å². The van der Waals surface area contributed by atoms with Crippen molar-refractivity contribution in [3.05, 3.63) is 23.9 Å². The Balaban J connectivity index is 2.42. The predicted octanol–water partition coefficient (Wildman–Crippen LogP) is 2.36. The Kier molecular flexibility index (Phi) is 5.12. The Morgan fingerprint density at radius 3 is 2.73 bits per heavy atom. The summed E-state index contributed by atoms with van der Waals surface area (Å²) in [6.07, 6.45) is 4.45. The van der Waals surface area contributed by atoms with E-state index in [1.54, 1.807) is 0 Å². The maximum atomic E-state index is 4.29. The zero-order valence-corrected chi connectivity index (χ0v) is 9.95. The Morgan fingerprint density at radius 2 is 2.20 bits per heavy atom. The largest absolute Gasteiger partial charge is 0.373 e. The Hall–Kier alpha value is -1.09. The summed E-state index contributed by atoms with van der Waals surface area (Å²) >= 11 is 0. The lowest BCUT2D eigenvalue weighted by molar-refractivity contribution is 0.320. The first-order valence-electron chi connectivity index (χ1n) is 5.57. The summed E-state index contributed by atoms with van der Waals surface area (Å²) in [5, 5.41) is 3.02. The highest BCUT2D eigenvalue weighted by molar-refractivity contribution is 5.34. The second-order valence-corrected chi connectivity index (χ2v) is 3.89. The smallest absolute Gasteiger partial charge is 0.125 e. The highest BCUT2D eigenvalue weighted by Gasteiger charge is 2.00. The average molecular weight is 207 g/mol. The van der Waals surface area contributed by atoms with E-state index in [1.807, 2.05) is 19.3 Å². The van der Waals surface area contributed by atoms with Gasteiger partial charge in [-0.05, 0) is 31.6 Å². The molecule has 0 amide bonds. The van der Waals surface area contributed by atoms with Crippen LogP contribution in [0.15, 0.2) is 18.3 Å². The fraction of sp³-hybridized carbons (Fsp3) is 0.583. The van der Waals surface area contributed by atoms with Gasteiger partial charge in [0.2, 0.25) is 0 Å². The summed E-state index contributed by atoms with van der Waals surface area (Å²) in [6, 6.07) is 4.14. The third-order valence-electron chi connectivity index (χ3n) is 2.43. The molecule has 0 bridgehead atoms. The first kappa shape index (κ1) is 12.0. The van der Waals surface area contributed by atoms with Gasteiger partial charge in [-0.15, -0.1) is 0 Å². The van der Waals surface area contributed by atoms with Gasteiger partial charge in [0.25, 0.3) is 0 Å². The summed E-state index contributed by atoms with van der Waals surface area (Å²) in [4.78, 5) is 6.63. The SMILES string of the molecule is CCCCN(C)Cc1ccc(NC)nc1. The van der Waals surface area contributed by atoms with Crippen molar-refractivity contribution in [2.24, 2.45) is 0 Å². The zero-order valence-electron chi connectivity index (χ0n) is 9.95. The number of anilines is 1. The standard InChI is InChI=1S/C12H21N3/c1-4-5-8-15(3)10-11-6-7-12(13-2)14-9-11/h6-7,9H,4-5,8,10H2,1-3H3,(H,13,14). The van der Waals surface area contributed by atoms with Crippen LogP contribution >= 0.6 is 0 Å². The maximum Gasteiger partial charge on any atom is 0.125 e. The summed E-state index contributed by atoms with van der Waals surface area (Å²) in [7, 11) is 4.04. The van der Waals surface area contributed by atoms with Crippen LogP contribution in [0.3, 0.4) is 0 Å². The third kappa shape index (κ3) is 4.30. The molecule has 3 nitrogen and oxygen atoms in total. The van der Waals surface area contributed by atoms with Crippen LogP contribution in [0, 0.1) is 0 Å². The maximum absolute atomic E-state index is 4.29. The topological polar surface area (TPSA) is 28.2 Å². The van der Waals surface area contributed by atoms with Crippen LogP contribution in [0.1, 0.15) is 25.3 Å². The van der Waals surface area contributed by atoms with Gasteiger partial charge in [-0.3, -0.25) is 0 Å². The van der Waals surface area contributed by atoms with Gasteiger partial charge in [0.1, 0.15) is 5.82 Å². The number of hydrogen-bond acceptors (Lipinski definition) is 3. The molecule has 0 aliphatic rings. The van der Waals surface area contributed by atoms with Crippen molar-refractivity contribution in [2.45, 2.75) is 26.3 Å². The van der Waals surface area contributed by atoms with E-state index in [2.05, 4.69) is 35.2 Å². The number of aromatic nitrogens is 1. The second-order valence-electron chi connectivity index (χ2n) is 3.89. The molecular weight excluding hydrogens is 186 g/mol. The van der Waals surface area contributed by atoms with Crippen LogP contribution in [-0.2, 0) is 6.54 Å². The van der Waals surface area contributed by atoms with Crippen molar-refractivity contribution >= 4 is 5.82 Å². The van der Waals surface area contributed by atoms with Gasteiger partial charge in [0.05, 0.1) is 0 Å². The Bertz CT molecular complexity index is 269. The second kappa shape index (κ2) is 6.40. The van der Waals surface area contributed by atoms with Crippen molar-refractivity contribution in [2.75, 3.05) is 26.0 Å². The fourth-order valence-corrected chi connectivity index (χ4v) is 1.48. The van der Waals surface area contributed by atoms with E-state index in [4.69, 9.17) is 0 Å². The molecule has 3 heteroatoms. The normalized spacial score (nSPS) is 10.7. The quantitative estimate of drug-likeness (QED) is 0.776. The van der Waals surface area contributed by atoms with E-state index >= 15 is 0 Å². The molecule has 0 saturated heterocycles. The van der Waals surface area contributed by atoms with E-state index in [0.29, 0.717) is 0 Å². The summed E-state index contributed by atoms with van der Waals surface area (Å²) < 4.78 is 0. The molecule has 1 N–H and O–H groups in total. The summed E-state index contributed by atoms with van der Waals surface area (Å²) in [5.74, 6) is 0.926. The van der Waals surface area contributed by atoms with Crippen LogP contribution in [-0.4, -0.2) is 30.5 Å². The highest BCUT2D eigenvalue weighted by Crippen LogP contribution is 2.06. The van der Waals surface area contributed by atoms with Crippen molar-refractivity contribution in [3.63, 3.8) is 0 Å². The van der Waals surface area contributed by atoms with Gasteiger partial charge in [0, 0.05) is 19.8 Å². The molecule has 0 radical (unpaired) electrons. The first-order valence-corrected chi connectivity index (χ1v) is 5.57. The molecule has 1 aromatic heterocycles. The molecule has 0 aromatic carbocycles. The summed E-state index contributed by atoms with van der Waals surface area (Å²) in [5.41, 5.74) is 1.27.